The van der Waals surface area contributed by atoms with Crippen molar-refractivity contribution in [2.24, 2.45) is 11.8 Å². The fourth-order valence-electron chi connectivity index (χ4n) is 3.17. The van der Waals surface area contributed by atoms with Crippen molar-refractivity contribution in [2.75, 3.05) is 25.0 Å². The number of halogens is 1. The quantitative estimate of drug-likeness (QED) is 0.864. The van der Waals surface area contributed by atoms with E-state index in [4.69, 9.17) is 0 Å². The van der Waals surface area contributed by atoms with Crippen molar-refractivity contribution in [1.82, 2.24) is 0 Å². The molecule has 0 spiro atoms. The monoisotopic (exact) mass is 279 g/mol. The maximum absolute atomic E-state index is 12.8. The Morgan fingerprint density at radius 1 is 1.25 bits per heavy atom. The van der Waals surface area contributed by atoms with E-state index in [1.54, 1.807) is 12.1 Å². The van der Waals surface area contributed by atoms with Crippen molar-refractivity contribution in [3.8, 4) is 0 Å². The molecule has 1 aliphatic heterocycles. The Morgan fingerprint density at radius 3 is 2.45 bits per heavy atom. The zero-order chi connectivity index (χ0) is 14.5. The summed E-state index contributed by atoms with van der Waals surface area (Å²) in [6.45, 7) is 7.77. The Hall–Kier alpha value is -1.42. The summed E-state index contributed by atoms with van der Waals surface area (Å²) in [6, 6.07) is 5.89. The molecule has 110 valence electrons. The molecule has 1 saturated heterocycles. The zero-order valence-corrected chi connectivity index (χ0v) is 12.3. The molecule has 2 N–H and O–H groups in total. The van der Waals surface area contributed by atoms with Crippen LogP contribution >= 0.6 is 0 Å². The number of hydrogen-bond acceptors (Lipinski definition) is 1. The first-order chi connectivity index (χ1) is 9.52. The summed E-state index contributed by atoms with van der Waals surface area (Å²) in [4.78, 5) is 13.4. The largest absolute Gasteiger partial charge is 0.334 e. The van der Waals surface area contributed by atoms with Crippen molar-refractivity contribution >= 4 is 11.6 Å². The van der Waals surface area contributed by atoms with E-state index in [1.165, 1.54) is 23.5 Å². The molecule has 1 fully saturated rings. The molecule has 2 rings (SSSR count). The summed E-state index contributed by atoms with van der Waals surface area (Å²) in [6.07, 6.45) is 1.82. The van der Waals surface area contributed by atoms with Crippen LogP contribution in [0, 0.1) is 17.7 Å². The van der Waals surface area contributed by atoms with Crippen LogP contribution in [-0.2, 0) is 4.79 Å². The molecule has 1 aromatic carbocycles. The van der Waals surface area contributed by atoms with Crippen LogP contribution in [0.2, 0.25) is 0 Å². The lowest BCUT2D eigenvalue weighted by Gasteiger charge is -2.31. The molecule has 0 saturated carbocycles. The van der Waals surface area contributed by atoms with Crippen molar-refractivity contribution in [1.29, 1.82) is 0 Å². The molecule has 0 bridgehead atoms. The van der Waals surface area contributed by atoms with Crippen LogP contribution in [0.3, 0.4) is 0 Å². The van der Waals surface area contributed by atoms with Crippen molar-refractivity contribution in [3.05, 3.63) is 30.1 Å². The van der Waals surface area contributed by atoms with Gasteiger partial charge >= 0.3 is 0 Å². The van der Waals surface area contributed by atoms with Crippen LogP contribution in [0.1, 0.15) is 26.7 Å². The highest BCUT2D eigenvalue weighted by Gasteiger charge is 2.25. The molecule has 1 unspecified atom stereocenters. The highest BCUT2D eigenvalue weighted by molar-refractivity contribution is 5.90. The minimum Gasteiger partial charge on any atom is -0.334 e. The van der Waals surface area contributed by atoms with Crippen molar-refractivity contribution in [2.45, 2.75) is 26.7 Å². The average molecular weight is 279 g/mol. The van der Waals surface area contributed by atoms with E-state index in [0.717, 1.165) is 31.5 Å². The van der Waals surface area contributed by atoms with Crippen LogP contribution in [0.4, 0.5) is 10.1 Å². The molecule has 0 aromatic heterocycles. The molecule has 0 aliphatic carbocycles. The molecule has 1 heterocycles. The predicted octanol–water partition coefficient (Wildman–Crippen LogP) is 1.72. The third-order valence-corrected chi connectivity index (χ3v) is 3.91. The Morgan fingerprint density at radius 2 is 1.85 bits per heavy atom. The van der Waals surface area contributed by atoms with Crippen LogP contribution in [0.25, 0.3) is 0 Å². The third kappa shape index (κ3) is 4.60. The molecule has 1 aliphatic rings. The van der Waals surface area contributed by atoms with Crippen molar-refractivity contribution < 1.29 is 14.1 Å². The van der Waals surface area contributed by atoms with Crippen LogP contribution in [-0.4, -0.2) is 25.5 Å². The molecular weight excluding hydrogens is 255 g/mol. The van der Waals surface area contributed by atoms with Gasteiger partial charge in [0.15, 0.2) is 0 Å². The lowest BCUT2D eigenvalue weighted by atomic mass is 9.92. The number of carbonyl (C=O) groups excluding carboxylic acids is 1. The molecule has 1 amide bonds. The van der Waals surface area contributed by atoms with E-state index in [2.05, 4.69) is 19.2 Å². The first-order valence-electron chi connectivity index (χ1n) is 7.42. The van der Waals surface area contributed by atoms with Gasteiger partial charge in [0.25, 0.3) is 0 Å². The van der Waals surface area contributed by atoms with Gasteiger partial charge in [-0.3, -0.25) is 4.79 Å². The number of carbonyl (C=O) groups is 1. The van der Waals surface area contributed by atoms with Crippen LogP contribution in [0.5, 0.6) is 0 Å². The normalized spacial score (nSPS) is 26.2. The first kappa shape index (κ1) is 15.0. The van der Waals surface area contributed by atoms with E-state index in [0.29, 0.717) is 12.1 Å². The fourth-order valence-corrected chi connectivity index (χ4v) is 3.17. The SMILES string of the molecule is C[C@@H]1C[C@H](C)C[NH+](CCC(=O)Nc2ccc(F)cc2)C1. The number of likely N-dealkylation sites (tertiary alicyclic amines) is 1. The number of amides is 1. The summed E-state index contributed by atoms with van der Waals surface area (Å²) in [7, 11) is 0. The minimum absolute atomic E-state index is 0.00925. The summed E-state index contributed by atoms with van der Waals surface area (Å²) < 4.78 is 12.8. The van der Waals surface area contributed by atoms with Gasteiger partial charge in [-0.2, -0.15) is 0 Å². The standard InChI is InChI=1S/C16H23FN2O/c1-12-9-13(2)11-19(10-12)8-7-16(20)18-15-5-3-14(17)4-6-15/h3-6,12-13H,7-11H2,1-2H3,(H,18,20)/p+1/t12-,13+. The van der Waals surface area contributed by atoms with E-state index in [9.17, 15) is 9.18 Å². The topological polar surface area (TPSA) is 33.5 Å². The smallest absolute Gasteiger partial charge is 0.230 e. The maximum atomic E-state index is 12.8. The van der Waals surface area contributed by atoms with Gasteiger partial charge in [-0.25, -0.2) is 4.39 Å². The second kappa shape index (κ2) is 6.84. The average Bonchev–Trinajstić information content (AvgIpc) is 2.38. The van der Waals surface area contributed by atoms with Crippen molar-refractivity contribution in [3.63, 3.8) is 0 Å². The van der Waals surface area contributed by atoms with Gasteiger partial charge < -0.3 is 10.2 Å². The van der Waals surface area contributed by atoms with Gasteiger partial charge in [-0.15, -0.1) is 0 Å². The highest BCUT2D eigenvalue weighted by atomic mass is 19.1. The zero-order valence-electron chi connectivity index (χ0n) is 12.3. The van der Waals surface area contributed by atoms with E-state index in [1.807, 2.05) is 0 Å². The molecule has 3 atom stereocenters. The molecule has 4 heteroatoms. The van der Waals surface area contributed by atoms with E-state index < -0.39 is 0 Å². The number of rotatable bonds is 4. The van der Waals surface area contributed by atoms with Gasteiger partial charge in [-0.05, 0) is 30.7 Å². The Labute approximate surface area is 120 Å². The first-order valence-corrected chi connectivity index (χ1v) is 7.42. The molecule has 0 radical (unpaired) electrons. The van der Waals surface area contributed by atoms with E-state index >= 15 is 0 Å². The number of benzene rings is 1. The summed E-state index contributed by atoms with van der Waals surface area (Å²) >= 11 is 0. The van der Waals surface area contributed by atoms with Gasteiger partial charge in [-0.1, -0.05) is 13.8 Å². The molecule has 20 heavy (non-hydrogen) atoms. The van der Waals surface area contributed by atoms with Crippen LogP contribution in [0.15, 0.2) is 24.3 Å². The van der Waals surface area contributed by atoms with Crippen LogP contribution < -0.4 is 10.2 Å². The van der Waals surface area contributed by atoms with Gasteiger partial charge in [0, 0.05) is 17.5 Å². The minimum atomic E-state index is -0.288. The summed E-state index contributed by atoms with van der Waals surface area (Å²) in [5, 5.41) is 2.81. The number of anilines is 1. The van der Waals surface area contributed by atoms with Gasteiger partial charge in [0.1, 0.15) is 5.82 Å². The highest BCUT2D eigenvalue weighted by Crippen LogP contribution is 2.12. The maximum Gasteiger partial charge on any atom is 0.230 e. The van der Waals surface area contributed by atoms with E-state index in [-0.39, 0.29) is 11.7 Å². The fraction of sp³-hybridized carbons (Fsp3) is 0.562. The number of quaternary nitrogens is 1. The summed E-state index contributed by atoms with van der Waals surface area (Å²) in [5.74, 6) is 1.21. The number of hydrogen-bond donors (Lipinski definition) is 2. The molecule has 3 nitrogen and oxygen atoms in total. The van der Waals surface area contributed by atoms with Gasteiger partial charge in [0.05, 0.1) is 26.1 Å². The Balaban J connectivity index is 1.76. The molecule has 1 aromatic rings. The summed E-state index contributed by atoms with van der Waals surface area (Å²) in [5.41, 5.74) is 0.659. The lowest BCUT2D eigenvalue weighted by Crippen LogP contribution is -3.14. The number of nitrogens with one attached hydrogen (secondary N) is 2. The second-order valence-corrected chi connectivity index (χ2v) is 6.16. The second-order valence-electron chi connectivity index (χ2n) is 6.16. The lowest BCUT2D eigenvalue weighted by molar-refractivity contribution is -0.911. The Bertz CT molecular complexity index is 436. The van der Waals surface area contributed by atoms with Gasteiger partial charge in [0.2, 0.25) is 5.91 Å². The Kier molecular flexibility index (Phi) is 5.12. The third-order valence-electron chi connectivity index (χ3n) is 3.91. The molecular formula is C16H24FN2O+. The predicted molar refractivity (Wildman–Crippen MR) is 78.2 cm³/mol. The number of piperidine rings is 1.